The fourth-order valence-corrected chi connectivity index (χ4v) is 3.86. The highest BCUT2D eigenvalue weighted by molar-refractivity contribution is 9.10. The second-order valence-corrected chi connectivity index (χ2v) is 8.06. The molecule has 0 saturated carbocycles. The lowest BCUT2D eigenvalue weighted by molar-refractivity contribution is 0.917. The molecule has 136 valence electrons. The number of pyridine rings is 1. The topological polar surface area (TPSA) is 30.7 Å². The molecule has 0 fully saturated rings. The van der Waals surface area contributed by atoms with Crippen LogP contribution in [-0.4, -0.2) is 14.8 Å². The van der Waals surface area contributed by atoms with Gasteiger partial charge in [0.25, 0.3) is 0 Å². The van der Waals surface area contributed by atoms with Gasteiger partial charge in [-0.1, -0.05) is 57.4 Å². The van der Waals surface area contributed by atoms with E-state index in [0.717, 1.165) is 43.2 Å². The number of benzene rings is 3. The summed E-state index contributed by atoms with van der Waals surface area (Å²) < 4.78 is 3.09. The Kier molecular flexibility index (Phi) is 4.02. The third-order valence-corrected chi connectivity index (χ3v) is 5.59. The lowest BCUT2D eigenvalue weighted by Gasteiger charge is -2.07. The normalized spacial score (nSPS) is 11.4. The second kappa shape index (κ2) is 6.57. The van der Waals surface area contributed by atoms with Crippen molar-refractivity contribution >= 4 is 37.7 Å². The predicted molar refractivity (Wildman–Crippen MR) is 119 cm³/mol. The molecule has 0 amide bonds. The molecule has 0 aliphatic rings. The van der Waals surface area contributed by atoms with Gasteiger partial charge in [0.2, 0.25) is 0 Å². The summed E-state index contributed by atoms with van der Waals surface area (Å²) >= 11 is 3.53. The van der Waals surface area contributed by atoms with Gasteiger partial charge < -0.3 is 0 Å². The molecule has 0 bridgehead atoms. The van der Waals surface area contributed by atoms with Gasteiger partial charge in [-0.2, -0.15) is 5.10 Å². The van der Waals surface area contributed by atoms with Gasteiger partial charge >= 0.3 is 0 Å². The van der Waals surface area contributed by atoms with Crippen LogP contribution in [-0.2, 0) is 0 Å². The monoisotopic (exact) mass is 427 g/mol. The van der Waals surface area contributed by atoms with Gasteiger partial charge in [0, 0.05) is 27.0 Å². The maximum atomic E-state index is 5.03. The van der Waals surface area contributed by atoms with Crippen molar-refractivity contribution in [1.82, 2.24) is 14.8 Å². The average Bonchev–Trinajstić information content (AvgIpc) is 3.09. The molecule has 5 aromatic rings. The predicted octanol–water partition coefficient (Wildman–Crippen LogP) is 6.62. The van der Waals surface area contributed by atoms with Crippen LogP contribution >= 0.6 is 15.9 Å². The number of rotatable bonds is 2. The summed E-state index contributed by atoms with van der Waals surface area (Å²) in [5, 5.41) is 7.21. The second-order valence-electron chi connectivity index (χ2n) is 7.14. The number of aromatic nitrogens is 3. The standard InChI is InChI=1S/C24H18BrN3/c1-15-3-6-17(7-4-15)23-21-14-26-22-12-5-16(2)13-20(22)24(21)28(27-23)19-10-8-18(25)9-11-19/h3-14H,1-2H3. The minimum absolute atomic E-state index is 0.953. The number of fused-ring (bicyclic) bond motifs is 3. The molecule has 0 aliphatic heterocycles. The fourth-order valence-electron chi connectivity index (χ4n) is 3.59. The van der Waals surface area contributed by atoms with E-state index in [-0.39, 0.29) is 0 Å². The SMILES string of the molecule is Cc1ccc(-c2nn(-c3ccc(Br)cc3)c3c2cnc2ccc(C)cc23)cc1. The van der Waals surface area contributed by atoms with Gasteiger partial charge in [-0.15, -0.1) is 0 Å². The molecule has 0 unspecified atom stereocenters. The average molecular weight is 428 g/mol. The Morgan fingerprint density at radius 3 is 2.25 bits per heavy atom. The molecule has 0 N–H and O–H groups in total. The van der Waals surface area contributed by atoms with E-state index in [4.69, 9.17) is 10.1 Å². The smallest absolute Gasteiger partial charge is 0.102 e. The van der Waals surface area contributed by atoms with Crippen LogP contribution in [0, 0.1) is 13.8 Å². The third-order valence-electron chi connectivity index (χ3n) is 5.06. The third kappa shape index (κ3) is 2.81. The van der Waals surface area contributed by atoms with Crippen LogP contribution in [0.15, 0.2) is 77.4 Å². The van der Waals surface area contributed by atoms with Gasteiger partial charge in [-0.3, -0.25) is 4.98 Å². The van der Waals surface area contributed by atoms with Crippen molar-refractivity contribution in [2.45, 2.75) is 13.8 Å². The molecule has 0 aliphatic carbocycles. The molecule has 0 radical (unpaired) electrons. The van der Waals surface area contributed by atoms with Crippen LogP contribution in [0.1, 0.15) is 11.1 Å². The minimum atomic E-state index is 0.953. The Morgan fingerprint density at radius 2 is 1.50 bits per heavy atom. The van der Waals surface area contributed by atoms with E-state index in [1.165, 1.54) is 11.1 Å². The zero-order chi connectivity index (χ0) is 19.3. The Labute approximate surface area is 171 Å². The van der Waals surface area contributed by atoms with Gasteiger partial charge in [-0.05, 0) is 50.2 Å². The number of hydrogen-bond donors (Lipinski definition) is 0. The summed E-state index contributed by atoms with van der Waals surface area (Å²) in [6.45, 7) is 4.21. The van der Waals surface area contributed by atoms with Crippen LogP contribution in [0.5, 0.6) is 0 Å². The minimum Gasteiger partial charge on any atom is -0.255 e. The first-order chi connectivity index (χ1) is 13.6. The molecule has 2 aromatic heterocycles. The van der Waals surface area contributed by atoms with Gasteiger partial charge in [-0.25, -0.2) is 4.68 Å². The highest BCUT2D eigenvalue weighted by atomic mass is 79.9. The highest BCUT2D eigenvalue weighted by Crippen LogP contribution is 2.34. The number of aryl methyl sites for hydroxylation is 2. The summed E-state index contributed by atoms with van der Waals surface area (Å²) in [5.41, 5.74) is 7.59. The van der Waals surface area contributed by atoms with Crippen LogP contribution < -0.4 is 0 Å². The van der Waals surface area contributed by atoms with Crippen LogP contribution in [0.25, 0.3) is 38.8 Å². The van der Waals surface area contributed by atoms with E-state index in [2.05, 4.69) is 84.4 Å². The van der Waals surface area contributed by atoms with Crippen molar-refractivity contribution in [3.63, 3.8) is 0 Å². The molecule has 0 atom stereocenters. The first-order valence-corrected chi connectivity index (χ1v) is 10.0. The van der Waals surface area contributed by atoms with E-state index >= 15 is 0 Å². The first kappa shape index (κ1) is 17.1. The molecule has 5 rings (SSSR count). The molecule has 28 heavy (non-hydrogen) atoms. The van der Waals surface area contributed by atoms with E-state index in [1.54, 1.807) is 0 Å². The van der Waals surface area contributed by atoms with Gasteiger partial charge in [0.15, 0.2) is 0 Å². The Hall–Kier alpha value is -2.98. The molecule has 0 spiro atoms. The highest BCUT2D eigenvalue weighted by Gasteiger charge is 2.17. The largest absolute Gasteiger partial charge is 0.255 e. The van der Waals surface area contributed by atoms with Gasteiger partial charge in [0.05, 0.1) is 16.7 Å². The van der Waals surface area contributed by atoms with Crippen molar-refractivity contribution in [1.29, 1.82) is 0 Å². The molecular formula is C24H18BrN3. The first-order valence-electron chi connectivity index (χ1n) is 9.21. The van der Waals surface area contributed by atoms with Crippen molar-refractivity contribution in [3.05, 3.63) is 88.5 Å². The van der Waals surface area contributed by atoms with E-state index in [0.29, 0.717) is 0 Å². The van der Waals surface area contributed by atoms with E-state index in [9.17, 15) is 0 Å². The van der Waals surface area contributed by atoms with Crippen LogP contribution in [0.3, 0.4) is 0 Å². The molecule has 3 aromatic carbocycles. The lowest BCUT2D eigenvalue weighted by Crippen LogP contribution is -1.97. The molecule has 4 heteroatoms. The van der Waals surface area contributed by atoms with Crippen LogP contribution in [0.4, 0.5) is 0 Å². The number of hydrogen-bond acceptors (Lipinski definition) is 2. The maximum absolute atomic E-state index is 5.03. The number of nitrogens with zero attached hydrogens (tertiary/aromatic N) is 3. The maximum Gasteiger partial charge on any atom is 0.102 e. The number of halogens is 1. The summed E-state index contributed by atoms with van der Waals surface area (Å²) in [6, 6.07) is 23.1. The zero-order valence-corrected chi connectivity index (χ0v) is 17.2. The Bertz CT molecular complexity index is 1320. The molecule has 3 nitrogen and oxygen atoms in total. The van der Waals surface area contributed by atoms with Gasteiger partial charge in [0.1, 0.15) is 5.69 Å². The fraction of sp³-hybridized carbons (Fsp3) is 0.0833. The summed E-state index contributed by atoms with van der Waals surface area (Å²) in [7, 11) is 0. The lowest BCUT2D eigenvalue weighted by atomic mass is 10.0. The quantitative estimate of drug-likeness (QED) is 0.316. The van der Waals surface area contributed by atoms with Crippen molar-refractivity contribution in [2.75, 3.05) is 0 Å². The van der Waals surface area contributed by atoms with E-state index < -0.39 is 0 Å². The summed E-state index contributed by atoms with van der Waals surface area (Å²) in [6.07, 6.45) is 1.95. The van der Waals surface area contributed by atoms with Crippen molar-refractivity contribution < 1.29 is 0 Å². The summed E-state index contributed by atoms with van der Waals surface area (Å²) in [5.74, 6) is 0. The van der Waals surface area contributed by atoms with Crippen molar-refractivity contribution in [2.24, 2.45) is 0 Å². The Balaban J connectivity index is 1.90. The van der Waals surface area contributed by atoms with Crippen LogP contribution in [0.2, 0.25) is 0 Å². The summed E-state index contributed by atoms with van der Waals surface area (Å²) in [4.78, 5) is 4.71. The Morgan fingerprint density at radius 1 is 0.786 bits per heavy atom. The van der Waals surface area contributed by atoms with Crippen molar-refractivity contribution in [3.8, 4) is 16.9 Å². The zero-order valence-electron chi connectivity index (χ0n) is 15.6. The molecule has 2 heterocycles. The van der Waals surface area contributed by atoms with E-state index in [1.807, 2.05) is 23.0 Å². The molecular weight excluding hydrogens is 410 g/mol. The molecule has 0 saturated heterocycles.